The largest absolute Gasteiger partial charge is 0.305 e. The van der Waals surface area contributed by atoms with Gasteiger partial charge in [-0.15, -0.1) is 0 Å². The summed E-state index contributed by atoms with van der Waals surface area (Å²) in [7, 11) is 0.233. The molecule has 0 atom stereocenters. The molecule has 1 aromatic heterocycles. The van der Waals surface area contributed by atoms with Crippen LogP contribution < -0.4 is 4.31 Å². The van der Waals surface area contributed by atoms with Gasteiger partial charge in [0.1, 0.15) is 0 Å². The van der Waals surface area contributed by atoms with E-state index in [1.807, 2.05) is 32.1 Å². The Kier molecular flexibility index (Phi) is 7.18. The molecule has 3 rings (SSSR count). The molecular formula is C22H27ClN4O2S. The first kappa shape index (κ1) is 22.3. The third kappa shape index (κ3) is 5.03. The third-order valence-corrected chi connectivity index (χ3v) is 6.70. The molecule has 0 saturated heterocycles. The summed E-state index contributed by atoms with van der Waals surface area (Å²) in [5.74, 6) is 0. The van der Waals surface area contributed by atoms with Gasteiger partial charge in [0.25, 0.3) is 10.0 Å². The summed E-state index contributed by atoms with van der Waals surface area (Å²) in [6.07, 6.45) is 5.30. The van der Waals surface area contributed by atoms with E-state index in [2.05, 4.69) is 5.10 Å². The smallest absolute Gasteiger partial charge is 0.264 e. The summed E-state index contributed by atoms with van der Waals surface area (Å²) in [5, 5.41) is 4.99. The topological polar surface area (TPSA) is 58.4 Å². The van der Waals surface area contributed by atoms with Crippen molar-refractivity contribution in [3.05, 3.63) is 71.5 Å². The van der Waals surface area contributed by atoms with Gasteiger partial charge in [0, 0.05) is 29.9 Å². The van der Waals surface area contributed by atoms with Crippen LogP contribution in [-0.2, 0) is 16.6 Å². The molecule has 160 valence electrons. The number of sulfonamides is 1. The number of unbranched alkanes of at least 4 members (excludes halogenated alkanes) is 1. The van der Waals surface area contributed by atoms with E-state index in [9.17, 15) is 8.42 Å². The second-order valence-corrected chi connectivity index (χ2v) is 9.71. The molecule has 0 fully saturated rings. The molecular weight excluding hydrogens is 420 g/mol. The molecule has 0 N–H and O–H groups in total. The van der Waals surface area contributed by atoms with Crippen LogP contribution in [0.3, 0.4) is 0 Å². The van der Waals surface area contributed by atoms with Crippen LogP contribution in [0.1, 0.15) is 25.3 Å². The molecule has 0 radical (unpaired) electrons. The SMILES string of the molecule is CCCCN(c1ccc(Cl)cc1-n1cc(CN(C)C)cn1)S(=O)(=O)c1ccccc1. The number of halogens is 1. The van der Waals surface area contributed by atoms with Crippen molar-refractivity contribution in [2.45, 2.75) is 31.2 Å². The maximum absolute atomic E-state index is 13.5. The van der Waals surface area contributed by atoms with E-state index in [4.69, 9.17) is 11.6 Å². The molecule has 0 bridgehead atoms. The lowest BCUT2D eigenvalue weighted by molar-refractivity contribution is 0.402. The number of nitrogens with zero attached hydrogens (tertiary/aromatic N) is 4. The summed E-state index contributed by atoms with van der Waals surface area (Å²) in [4.78, 5) is 2.31. The Bertz CT molecular complexity index is 1080. The maximum Gasteiger partial charge on any atom is 0.264 e. The average molecular weight is 447 g/mol. The van der Waals surface area contributed by atoms with Crippen LogP contribution in [0.5, 0.6) is 0 Å². The van der Waals surface area contributed by atoms with E-state index >= 15 is 0 Å². The van der Waals surface area contributed by atoms with Crippen LogP contribution in [0.2, 0.25) is 5.02 Å². The number of benzene rings is 2. The highest BCUT2D eigenvalue weighted by Gasteiger charge is 2.27. The molecule has 0 amide bonds. The Labute approximate surface area is 183 Å². The Hall–Kier alpha value is -2.35. The van der Waals surface area contributed by atoms with E-state index in [0.29, 0.717) is 22.9 Å². The van der Waals surface area contributed by atoms with Crippen molar-refractivity contribution in [1.29, 1.82) is 0 Å². The van der Waals surface area contributed by atoms with Gasteiger partial charge in [-0.3, -0.25) is 4.31 Å². The van der Waals surface area contributed by atoms with Crippen LogP contribution in [0.4, 0.5) is 5.69 Å². The third-order valence-electron chi connectivity index (χ3n) is 4.63. The zero-order valence-corrected chi connectivity index (χ0v) is 19.1. The van der Waals surface area contributed by atoms with Crippen LogP contribution in [-0.4, -0.2) is 43.7 Å². The molecule has 0 unspecified atom stereocenters. The zero-order valence-electron chi connectivity index (χ0n) is 17.5. The molecule has 8 heteroatoms. The molecule has 1 heterocycles. The van der Waals surface area contributed by atoms with E-state index in [1.165, 1.54) is 4.31 Å². The van der Waals surface area contributed by atoms with E-state index in [0.717, 1.165) is 24.9 Å². The lowest BCUT2D eigenvalue weighted by atomic mass is 10.2. The summed E-state index contributed by atoms with van der Waals surface area (Å²) in [6.45, 7) is 3.14. The standard InChI is InChI=1S/C22H27ClN4O2S/c1-4-5-13-27(30(28,29)20-9-7-6-8-10-20)21-12-11-19(23)14-22(21)26-17-18(15-24-26)16-25(2)3/h6-12,14-15,17H,4-5,13,16H2,1-3H3. The van der Waals surface area contributed by atoms with Gasteiger partial charge in [-0.25, -0.2) is 13.1 Å². The van der Waals surface area contributed by atoms with Gasteiger partial charge in [0.15, 0.2) is 0 Å². The van der Waals surface area contributed by atoms with Crippen molar-refractivity contribution in [3.8, 4) is 5.69 Å². The fourth-order valence-corrected chi connectivity index (χ4v) is 4.93. The van der Waals surface area contributed by atoms with Gasteiger partial charge < -0.3 is 4.90 Å². The highest BCUT2D eigenvalue weighted by Crippen LogP contribution is 2.32. The number of rotatable bonds is 9. The first-order valence-corrected chi connectivity index (χ1v) is 11.7. The van der Waals surface area contributed by atoms with Gasteiger partial charge >= 0.3 is 0 Å². The van der Waals surface area contributed by atoms with Crippen LogP contribution in [0.15, 0.2) is 65.8 Å². The second kappa shape index (κ2) is 9.64. The summed E-state index contributed by atoms with van der Waals surface area (Å²) >= 11 is 6.28. The minimum atomic E-state index is -3.74. The molecule has 0 spiro atoms. The van der Waals surface area contributed by atoms with Crippen LogP contribution in [0.25, 0.3) is 5.69 Å². The molecule has 6 nitrogen and oxygen atoms in total. The summed E-state index contributed by atoms with van der Waals surface area (Å²) in [6, 6.07) is 13.7. The van der Waals surface area contributed by atoms with E-state index < -0.39 is 10.0 Å². The number of hydrogen-bond acceptors (Lipinski definition) is 4. The number of hydrogen-bond donors (Lipinski definition) is 0. The van der Waals surface area contributed by atoms with Gasteiger partial charge in [0.2, 0.25) is 0 Å². The lowest BCUT2D eigenvalue weighted by Gasteiger charge is -2.26. The molecule has 2 aromatic carbocycles. The van der Waals surface area contributed by atoms with Gasteiger partial charge in [-0.05, 0) is 50.8 Å². The highest BCUT2D eigenvalue weighted by atomic mass is 35.5. The Morgan fingerprint density at radius 2 is 1.83 bits per heavy atom. The normalized spacial score (nSPS) is 11.8. The van der Waals surface area contributed by atoms with Crippen molar-refractivity contribution < 1.29 is 8.42 Å². The predicted molar refractivity (Wildman–Crippen MR) is 122 cm³/mol. The molecule has 30 heavy (non-hydrogen) atoms. The monoisotopic (exact) mass is 446 g/mol. The lowest BCUT2D eigenvalue weighted by Crippen LogP contribution is -2.33. The number of aromatic nitrogens is 2. The fraction of sp³-hybridized carbons (Fsp3) is 0.318. The van der Waals surface area contributed by atoms with Gasteiger partial charge in [0.05, 0.1) is 22.5 Å². The second-order valence-electron chi connectivity index (χ2n) is 7.41. The van der Waals surface area contributed by atoms with Crippen molar-refractivity contribution in [2.24, 2.45) is 0 Å². The Morgan fingerprint density at radius 3 is 2.50 bits per heavy atom. The quantitative estimate of drug-likeness (QED) is 0.482. The molecule has 0 saturated carbocycles. The first-order chi connectivity index (χ1) is 14.3. The van der Waals surface area contributed by atoms with Crippen molar-refractivity contribution in [1.82, 2.24) is 14.7 Å². The fourth-order valence-electron chi connectivity index (χ4n) is 3.22. The van der Waals surface area contributed by atoms with Crippen LogP contribution >= 0.6 is 11.6 Å². The minimum Gasteiger partial charge on any atom is -0.305 e. The Balaban J connectivity index is 2.12. The van der Waals surface area contributed by atoms with Gasteiger partial charge in [-0.1, -0.05) is 43.1 Å². The first-order valence-electron chi connectivity index (χ1n) is 9.89. The molecule has 3 aromatic rings. The maximum atomic E-state index is 13.5. The highest BCUT2D eigenvalue weighted by molar-refractivity contribution is 7.92. The number of anilines is 1. The van der Waals surface area contributed by atoms with Crippen molar-refractivity contribution in [2.75, 3.05) is 24.9 Å². The summed E-state index contributed by atoms with van der Waals surface area (Å²) < 4.78 is 30.2. The predicted octanol–water partition coefficient (Wildman–Crippen LogP) is 4.58. The summed E-state index contributed by atoms with van der Waals surface area (Å²) in [5.41, 5.74) is 2.20. The molecule has 0 aliphatic rings. The van der Waals surface area contributed by atoms with Gasteiger partial charge in [-0.2, -0.15) is 5.10 Å². The Morgan fingerprint density at radius 1 is 1.10 bits per heavy atom. The van der Waals surface area contributed by atoms with E-state index in [-0.39, 0.29) is 4.90 Å². The van der Waals surface area contributed by atoms with E-state index in [1.54, 1.807) is 59.4 Å². The zero-order chi connectivity index (χ0) is 21.7. The minimum absolute atomic E-state index is 0.260. The molecule has 0 aliphatic heterocycles. The average Bonchev–Trinajstić information content (AvgIpc) is 3.17. The van der Waals surface area contributed by atoms with Crippen molar-refractivity contribution >= 4 is 27.3 Å². The molecule has 0 aliphatic carbocycles. The van der Waals surface area contributed by atoms with Crippen LogP contribution in [0, 0.1) is 0 Å². The van der Waals surface area contributed by atoms with Crippen molar-refractivity contribution in [3.63, 3.8) is 0 Å².